The van der Waals surface area contributed by atoms with Crippen LogP contribution in [-0.2, 0) is 0 Å². The van der Waals surface area contributed by atoms with Crippen LogP contribution < -0.4 is 10.2 Å². The molecule has 0 aromatic heterocycles. The van der Waals surface area contributed by atoms with E-state index in [4.69, 9.17) is 0 Å². The van der Waals surface area contributed by atoms with Gasteiger partial charge in [0.2, 0.25) is 0 Å². The second-order valence-corrected chi connectivity index (χ2v) is 5.60. The van der Waals surface area contributed by atoms with Gasteiger partial charge >= 0.3 is 0 Å². The van der Waals surface area contributed by atoms with Gasteiger partial charge in [-0.3, -0.25) is 0 Å². The quantitative estimate of drug-likeness (QED) is 0.910. The normalized spacial score (nSPS) is 20.2. The second-order valence-electron chi connectivity index (χ2n) is 4.75. The van der Waals surface area contributed by atoms with Crippen molar-refractivity contribution in [3.05, 3.63) is 22.7 Å². The molecule has 86 valence electrons. The van der Waals surface area contributed by atoms with Gasteiger partial charge < -0.3 is 10.2 Å². The maximum absolute atomic E-state index is 3.69. The number of hydrogen-bond donors (Lipinski definition) is 1. The van der Waals surface area contributed by atoms with E-state index >= 15 is 0 Å². The number of benzene rings is 1. The summed E-state index contributed by atoms with van der Waals surface area (Å²) >= 11 is 3.69. The van der Waals surface area contributed by atoms with Crippen LogP contribution in [0.25, 0.3) is 0 Å². The van der Waals surface area contributed by atoms with E-state index < -0.39 is 0 Å². The van der Waals surface area contributed by atoms with Gasteiger partial charge in [0, 0.05) is 23.6 Å². The number of halogens is 1. The minimum absolute atomic E-state index is 0.718. The van der Waals surface area contributed by atoms with Gasteiger partial charge in [0.25, 0.3) is 0 Å². The van der Waals surface area contributed by atoms with Crippen molar-refractivity contribution >= 4 is 27.3 Å². The van der Waals surface area contributed by atoms with Crippen LogP contribution in [0.1, 0.15) is 25.7 Å². The van der Waals surface area contributed by atoms with Crippen molar-refractivity contribution in [2.75, 3.05) is 23.3 Å². The van der Waals surface area contributed by atoms with Crippen LogP contribution in [0.15, 0.2) is 22.7 Å². The van der Waals surface area contributed by atoms with Crippen LogP contribution in [0.2, 0.25) is 0 Å². The van der Waals surface area contributed by atoms with Crippen molar-refractivity contribution < 1.29 is 0 Å². The number of hydrogen-bond acceptors (Lipinski definition) is 2. The summed E-state index contributed by atoms with van der Waals surface area (Å²) < 4.78 is 1.22. The molecule has 1 saturated heterocycles. The molecule has 0 bridgehead atoms. The van der Waals surface area contributed by atoms with Crippen molar-refractivity contribution in [1.82, 2.24) is 0 Å². The smallest absolute Gasteiger partial charge is 0.0746 e. The lowest BCUT2D eigenvalue weighted by atomic mass is 10.2. The summed E-state index contributed by atoms with van der Waals surface area (Å²) in [5.41, 5.74) is 2.67. The molecule has 1 aliphatic carbocycles. The summed E-state index contributed by atoms with van der Waals surface area (Å²) in [5, 5.41) is 3.63. The number of rotatable bonds is 3. The van der Waals surface area contributed by atoms with Crippen LogP contribution in [0.5, 0.6) is 0 Å². The average Bonchev–Trinajstić information content (AvgIpc) is 2.93. The molecule has 1 aromatic carbocycles. The Labute approximate surface area is 105 Å². The molecule has 1 heterocycles. The third-order valence-corrected chi connectivity index (χ3v) is 3.99. The second kappa shape index (κ2) is 4.28. The molecule has 1 aliphatic heterocycles. The highest BCUT2D eigenvalue weighted by Gasteiger charge is 2.24. The number of nitrogens with zero attached hydrogens (tertiary/aromatic N) is 1. The molecular formula is C13H17BrN2. The lowest BCUT2D eigenvalue weighted by Crippen LogP contribution is -2.20. The summed E-state index contributed by atoms with van der Waals surface area (Å²) in [6.07, 6.45) is 5.30. The molecule has 0 spiro atoms. The fourth-order valence-corrected chi connectivity index (χ4v) is 2.96. The minimum atomic E-state index is 0.718. The molecule has 1 aromatic rings. The van der Waals surface area contributed by atoms with E-state index in [0.29, 0.717) is 0 Å². The Morgan fingerprint density at radius 1 is 1.19 bits per heavy atom. The molecule has 0 radical (unpaired) electrons. The van der Waals surface area contributed by atoms with Gasteiger partial charge in [0.15, 0.2) is 0 Å². The van der Waals surface area contributed by atoms with Crippen LogP contribution in [0.4, 0.5) is 11.4 Å². The molecule has 1 N–H and O–H groups in total. The van der Waals surface area contributed by atoms with E-state index in [-0.39, 0.29) is 0 Å². The minimum Gasteiger partial charge on any atom is -0.381 e. The Hall–Kier alpha value is -0.700. The maximum atomic E-state index is 3.69. The summed E-state index contributed by atoms with van der Waals surface area (Å²) in [6.45, 7) is 2.39. The Morgan fingerprint density at radius 2 is 1.94 bits per heavy atom. The van der Waals surface area contributed by atoms with Crippen LogP contribution >= 0.6 is 15.9 Å². The summed E-state index contributed by atoms with van der Waals surface area (Å²) in [6, 6.07) is 7.19. The van der Waals surface area contributed by atoms with Crippen molar-refractivity contribution in [3.63, 3.8) is 0 Å². The fourth-order valence-electron chi connectivity index (χ4n) is 2.34. The third-order valence-electron chi connectivity index (χ3n) is 3.35. The highest BCUT2D eigenvalue weighted by Crippen LogP contribution is 2.38. The SMILES string of the molecule is Brc1cccc(NC2CC2)c1N1CCCC1. The van der Waals surface area contributed by atoms with E-state index in [1.54, 1.807) is 0 Å². The summed E-state index contributed by atoms with van der Waals surface area (Å²) in [4.78, 5) is 2.49. The molecule has 0 unspecified atom stereocenters. The zero-order chi connectivity index (χ0) is 11.0. The zero-order valence-corrected chi connectivity index (χ0v) is 11.0. The van der Waals surface area contributed by atoms with E-state index in [1.165, 1.54) is 54.6 Å². The first kappa shape index (κ1) is 10.5. The third kappa shape index (κ3) is 2.05. The summed E-state index contributed by atoms with van der Waals surface area (Å²) in [7, 11) is 0. The van der Waals surface area contributed by atoms with Gasteiger partial charge in [0.1, 0.15) is 0 Å². The van der Waals surface area contributed by atoms with Gasteiger partial charge in [-0.1, -0.05) is 6.07 Å². The standard InChI is InChI=1S/C13H17BrN2/c14-11-4-3-5-12(15-10-6-7-10)13(11)16-8-1-2-9-16/h3-5,10,15H,1-2,6-9H2. The Kier molecular flexibility index (Phi) is 2.80. The van der Waals surface area contributed by atoms with Gasteiger partial charge in [0.05, 0.1) is 11.4 Å². The van der Waals surface area contributed by atoms with Crippen LogP contribution in [0.3, 0.4) is 0 Å². The van der Waals surface area contributed by atoms with Gasteiger partial charge in [-0.05, 0) is 53.7 Å². The summed E-state index contributed by atoms with van der Waals surface area (Å²) in [5.74, 6) is 0. The Bertz CT molecular complexity index is 382. The topological polar surface area (TPSA) is 15.3 Å². The fraction of sp³-hybridized carbons (Fsp3) is 0.538. The highest BCUT2D eigenvalue weighted by atomic mass is 79.9. The van der Waals surface area contributed by atoms with Crippen molar-refractivity contribution in [1.29, 1.82) is 0 Å². The highest BCUT2D eigenvalue weighted by molar-refractivity contribution is 9.10. The molecule has 1 saturated carbocycles. The Balaban J connectivity index is 1.91. The van der Waals surface area contributed by atoms with Crippen molar-refractivity contribution in [2.24, 2.45) is 0 Å². The first-order valence-corrected chi connectivity index (χ1v) is 6.94. The molecule has 2 nitrogen and oxygen atoms in total. The van der Waals surface area contributed by atoms with Crippen LogP contribution in [-0.4, -0.2) is 19.1 Å². The molecular weight excluding hydrogens is 264 g/mol. The van der Waals surface area contributed by atoms with Gasteiger partial charge in [-0.15, -0.1) is 0 Å². The first-order valence-electron chi connectivity index (χ1n) is 6.14. The number of anilines is 2. The van der Waals surface area contributed by atoms with Crippen molar-refractivity contribution in [2.45, 2.75) is 31.7 Å². The average molecular weight is 281 g/mol. The van der Waals surface area contributed by atoms with Gasteiger partial charge in [-0.2, -0.15) is 0 Å². The monoisotopic (exact) mass is 280 g/mol. The maximum Gasteiger partial charge on any atom is 0.0746 e. The van der Waals surface area contributed by atoms with E-state index in [0.717, 1.165) is 6.04 Å². The molecule has 0 amide bonds. The Morgan fingerprint density at radius 3 is 2.62 bits per heavy atom. The van der Waals surface area contributed by atoms with Gasteiger partial charge in [-0.25, -0.2) is 0 Å². The molecule has 3 rings (SSSR count). The zero-order valence-electron chi connectivity index (χ0n) is 9.38. The van der Waals surface area contributed by atoms with E-state index in [2.05, 4.69) is 44.3 Å². The van der Waals surface area contributed by atoms with E-state index in [9.17, 15) is 0 Å². The molecule has 3 heteroatoms. The molecule has 16 heavy (non-hydrogen) atoms. The molecule has 2 fully saturated rings. The lowest BCUT2D eigenvalue weighted by molar-refractivity contribution is 0.949. The molecule has 2 aliphatic rings. The molecule has 0 atom stereocenters. The lowest BCUT2D eigenvalue weighted by Gasteiger charge is -2.23. The first-order chi connectivity index (χ1) is 7.84. The van der Waals surface area contributed by atoms with Crippen LogP contribution in [0, 0.1) is 0 Å². The predicted octanol–water partition coefficient (Wildman–Crippen LogP) is 3.62. The van der Waals surface area contributed by atoms with Crippen molar-refractivity contribution in [3.8, 4) is 0 Å². The van der Waals surface area contributed by atoms with E-state index in [1.807, 2.05) is 0 Å². The number of nitrogens with one attached hydrogen (secondary N) is 1. The number of para-hydroxylation sites is 1. The largest absolute Gasteiger partial charge is 0.381 e. The predicted molar refractivity (Wildman–Crippen MR) is 72.2 cm³/mol.